The summed E-state index contributed by atoms with van der Waals surface area (Å²) in [6, 6.07) is 0. The van der Waals surface area contributed by atoms with Gasteiger partial charge in [0.2, 0.25) is 0 Å². The molecular weight excluding hydrogens is 228 g/mol. The maximum atomic E-state index is 10.2. The molecule has 0 radical (unpaired) electrons. The van der Waals surface area contributed by atoms with Crippen LogP contribution in [0.1, 0.15) is 29.1 Å². The Bertz CT molecular complexity index is 323. The number of hydrogen-bond acceptors (Lipinski definition) is 5. The fourth-order valence-corrected chi connectivity index (χ4v) is 1.67. The summed E-state index contributed by atoms with van der Waals surface area (Å²) in [6.45, 7) is 1.17. The highest BCUT2D eigenvalue weighted by Crippen LogP contribution is 2.25. The van der Waals surface area contributed by atoms with Crippen molar-refractivity contribution in [1.29, 1.82) is 0 Å². The Morgan fingerprint density at radius 2 is 2.44 bits per heavy atom. The van der Waals surface area contributed by atoms with Crippen LogP contribution in [0.5, 0.6) is 0 Å². The Hall–Kier alpha value is -1.43. The molecule has 1 aliphatic rings. The molecule has 88 valence electrons. The minimum Gasteiger partial charge on any atom is -0.468 e. The van der Waals surface area contributed by atoms with E-state index in [0.29, 0.717) is 24.0 Å². The molecule has 0 unspecified atom stereocenters. The smallest absolute Gasteiger partial charge is 0.293 e. The first-order valence-electron chi connectivity index (χ1n) is 4.98. The lowest BCUT2D eigenvalue weighted by Gasteiger charge is -2.23. The molecule has 1 saturated carbocycles. The van der Waals surface area contributed by atoms with E-state index in [1.54, 1.807) is 11.6 Å². The molecule has 1 fully saturated rings. The first-order valence-corrected chi connectivity index (χ1v) is 5.86. The van der Waals surface area contributed by atoms with Gasteiger partial charge in [-0.25, -0.2) is 4.98 Å². The van der Waals surface area contributed by atoms with E-state index in [1.165, 1.54) is 30.6 Å². The van der Waals surface area contributed by atoms with Crippen LogP contribution in [0.3, 0.4) is 0 Å². The van der Waals surface area contributed by atoms with Crippen LogP contribution in [0.15, 0.2) is 11.6 Å². The maximum absolute atomic E-state index is 10.2. The number of amides is 1. The molecule has 0 atom stereocenters. The largest absolute Gasteiger partial charge is 0.468 e. The van der Waals surface area contributed by atoms with E-state index in [2.05, 4.69) is 9.72 Å². The van der Waals surface area contributed by atoms with Crippen molar-refractivity contribution in [1.82, 2.24) is 4.98 Å². The topological polar surface area (TPSA) is 82.3 Å². The van der Waals surface area contributed by atoms with Gasteiger partial charge in [-0.3, -0.25) is 9.59 Å². The van der Waals surface area contributed by atoms with E-state index < -0.39 is 5.91 Å². The number of aromatic nitrogens is 1. The van der Waals surface area contributed by atoms with Gasteiger partial charge >= 0.3 is 0 Å². The molecule has 1 aromatic rings. The number of carbonyl (C=O) groups is 2. The SMILES string of the molecule is NC(=O)c1nccs1.O=COCC1CCC1. The Kier molecular flexibility index (Phi) is 5.49. The standard InChI is InChI=1S/C6H10O2.C4H4N2OS/c7-5-8-4-6-2-1-3-6;5-3(7)4-6-1-2-8-4/h5-6H,1-4H2;1-2H,(H2,5,7). The Morgan fingerprint density at radius 1 is 1.69 bits per heavy atom. The summed E-state index contributed by atoms with van der Waals surface area (Å²) < 4.78 is 4.56. The number of rotatable bonds is 4. The molecule has 1 aliphatic carbocycles. The summed E-state index contributed by atoms with van der Waals surface area (Å²) in [6.07, 6.45) is 5.35. The van der Waals surface area contributed by atoms with Crippen molar-refractivity contribution in [2.45, 2.75) is 19.3 Å². The Labute approximate surface area is 97.6 Å². The van der Waals surface area contributed by atoms with E-state index in [1.807, 2.05) is 0 Å². The number of thiazole rings is 1. The van der Waals surface area contributed by atoms with Crippen LogP contribution >= 0.6 is 11.3 Å². The molecule has 2 N–H and O–H groups in total. The lowest BCUT2D eigenvalue weighted by Crippen LogP contribution is -2.16. The molecule has 6 heteroatoms. The van der Waals surface area contributed by atoms with Gasteiger partial charge in [0, 0.05) is 11.6 Å². The van der Waals surface area contributed by atoms with Crippen molar-refractivity contribution in [2.24, 2.45) is 11.7 Å². The number of carbonyl (C=O) groups excluding carboxylic acids is 2. The third-order valence-electron chi connectivity index (χ3n) is 2.27. The second-order valence-corrected chi connectivity index (χ2v) is 4.32. The molecule has 0 spiro atoms. The second kappa shape index (κ2) is 6.95. The van der Waals surface area contributed by atoms with Gasteiger partial charge in [-0.05, 0) is 18.8 Å². The van der Waals surface area contributed by atoms with Crippen LogP contribution in [0.4, 0.5) is 0 Å². The number of ether oxygens (including phenoxy) is 1. The van der Waals surface area contributed by atoms with Crippen LogP contribution < -0.4 is 5.73 Å². The highest BCUT2D eigenvalue weighted by atomic mass is 32.1. The fourth-order valence-electron chi connectivity index (χ4n) is 1.18. The first kappa shape index (κ1) is 12.6. The molecule has 5 nitrogen and oxygen atoms in total. The van der Waals surface area contributed by atoms with Gasteiger partial charge in [0.25, 0.3) is 12.4 Å². The zero-order chi connectivity index (χ0) is 11.8. The normalized spacial score (nSPS) is 14.2. The van der Waals surface area contributed by atoms with Gasteiger partial charge in [0.05, 0.1) is 6.61 Å². The van der Waals surface area contributed by atoms with Crippen LogP contribution in [0.2, 0.25) is 0 Å². The molecule has 16 heavy (non-hydrogen) atoms. The molecule has 0 aliphatic heterocycles. The predicted molar refractivity (Wildman–Crippen MR) is 60.0 cm³/mol. The van der Waals surface area contributed by atoms with Crippen molar-refractivity contribution in [2.75, 3.05) is 6.61 Å². The molecule has 0 bridgehead atoms. The Morgan fingerprint density at radius 3 is 2.75 bits per heavy atom. The summed E-state index contributed by atoms with van der Waals surface area (Å²) >= 11 is 1.25. The van der Waals surface area contributed by atoms with Crippen LogP contribution in [-0.4, -0.2) is 24.0 Å². The highest BCUT2D eigenvalue weighted by molar-refractivity contribution is 7.11. The van der Waals surface area contributed by atoms with Crippen LogP contribution in [-0.2, 0) is 9.53 Å². The van der Waals surface area contributed by atoms with Gasteiger partial charge in [-0.2, -0.15) is 0 Å². The highest BCUT2D eigenvalue weighted by Gasteiger charge is 2.16. The van der Waals surface area contributed by atoms with Gasteiger partial charge in [-0.15, -0.1) is 11.3 Å². The lowest BCUT2D eigenvalue weighted by atomic mass is 9.86. The number of nitrogens with zero attached hydrogens (tertiary/aromatic N) is 1. The predicted octanol–water partition coefficient (Wildman–Crippen LogP) is 1.20. The molecule has 1 aromatic heterocycles. The minimum absolute atomic E-state index is 0.366. The Balaban J connectivity index is 0.000000160. The van der Waals surface area contributed by atoms with Crippen molar-refractivity contribution in [3.8, 4) is 0 Å². The van der Waals surface area contributed by atoms with Crippen molar-refractivity contribution < 1.29 is 14.3 Å². The van der Waals surface area contributed by atoms with Crippen LogP contribution in [0.25, 0.3) is 0 Å². The molecular formula is C10H14N2O3S. The average Bonchev–Trinajstić information content (AvgIpc) is 2.69. The van der Waals surface area contributed by atoms with Gasteiger partial charge in [-0.1, -0.05) is 6.42 Å². The quantitative estimate of drug-likeness (QED) is 0.804. The van der Waals surface area contributed by atoms with Crippen LogP contribution in [0, 0.1) is 5.92 Å². The summed E-state index contributed by atoms with van der Waals surface area (Å²) in [4.78, 5) is 23.5. The van der Waals surface area contributed by atoms with E-state index in [4.69, 9.17) is 5.73 Å². The zero-order valence-electron chi connectivity index (χ0n) is 8.80. The van der Waals surface area contributed by atoms with E-state index >= 15 is 0 Å². The molecule has 1 amide bonds. The molecule has 1 heterocycles. The number of nitrogens with two attached hydrogens (primary N) is 1. The average molecular weight is 242 g/mol. The third kappa shape index (κ3) is 4.39. The summed E-state index contributed by atoms with van der Waals surface area (Å²) in [5.41, 5.74) is 4.87. The van der Waals surface area contributed by atoms with Crippen molar-refractivity contribution in [3.05, 3.63) is 16.6 Å². The van der Waals surface area contributed by atoms with Gasteiger partial charge < -0.3 is 10.5 Å². The summed E-state index contributed by atoms with van der Waals surface area (Å²) in [5, 5.41) is 2.07. The molecule has 2 rings (SSSR count). The van der Waals surface area contributed by atoms with Crippen molar-refractivity contribution >= 4 is 23.7 Å². The summed E-state index contributed by atoms with van der Waals surface area (Å²) in [7, 11) is 0. The van der Waals surface area contributed by atoms with E-state index in [9.17, 15) is 9.59 Å². The van der Waals surface area contributed by atoms with E-state index in [0.717, 1.165) is 0 Å². The molecule has 0 aromatic carbocycles. The summed E-state index contributed by atoms with van der Waals surface area (Å²) in [5.74, 6) is 0.222. The lowest BCUT2D eigenvalue weighted by molar-refractivity contribution is -0.130. The monoisotopic (exact) mass is 242 g/mol. The zero-order valence-corrected chi connectivity index (χ0v) is 9.61. The first-order chi connectivity index (χ1) is 7.74. The minimum atomic E-state index is -0.458. The molecule has 0 saturated heterocycles. The maximum Gasteiger partial charge on any atom is 0.293 e. The second-order valence-electron chi connectivity index (χ2n) is 3.43. The van der Waals surface area contributed by atoms with Crippen molar-refractivity contribution in [3.63, 3.8) is 0 Å². The third-order valence-corrected chi connectivity index (χ3v) is 3.06. The van der Waals surface area contributed by atoms with E-state index in [-0.39, 0.29) is 0 Å². The number of primary amides is 1. The fraction of sp³-hybridized carbons (Fsp3) is 0.500. The van der Waals surface area contributed by atoms with Gasteiger partial charge in [0.15, 0.2) is 5.01 Å². The van der Waals surface area contributed by atoms with Gasteiger partial charge in [0.1, 0.15) is 0 Å². The number of hydrogen-bond donors (Lipinski definition) is 1.